The monoisotopic (exact) mass is 514 g/mol. The quantitative estimate of drug-likeness (QED) is 0.401. The average molecular weight is 515 g/mol. The highest BCUT2D eigenvalue weighted by molar-refractivity contribution is 5.98. The first-order valence-corrected chi connectivity index (χ1v) is 11.8. The number of anilines is 1. The van der Waals surface area contributed by atoms with E-state index in [1.165, 1.54) is 23.1 Å². The van der Waals surface area contributed by atoms with E-state index in [4.69, 9.17) is 4.74 Å². The van der Waals surface area contributed by atoms with Crippen molar-refractivity contribution in [1.82, 2.24) is 4.90 Å². The number of ether oxygens (including phenoxy) is 1. The fourth-order valence-electron chi connectivity index (χ4n) is 4.85. The molecular formula is C28H26F4N2O3. The third kappa shape index (κ3) is 5.45. The van der Waals surface area contributed by atoms with Crippen LogP contribution in [-0.4, -0.2) is 30.4 Å². The van der Waals surface area contributed by atoms with Crippen molar-refractivity contribution in [2.75, 3.05) is 19.0 Å². The first-order valence-electron chi connectivity index (χ1n) is 11.8. The molecule has 0 aliphatic carbocycles. The van der Waals surface area contributed by atoms with E-state index >= 15 is 0 Å². The van der Waals surface area contributed by atoms with Gasteiger partial charge >= 0.3 is 6.18 Å². The van der Waals surface area contributed by atoms with Gasteiger partial charge in [0.25, 0.3) is 5.91 Å². The molecule has 0 unspecified atom stereocenters. The second kappa shape index (κ2) is 10.6. The number of rotatable bonds is 5. The van der Waals surface area contributed by atoms with Crippen LogP contribution in [0.2, 0.25) is 0 Å². The number of hydrogen-bond donors (Lipinski definition) is 1. The fourth-order valence-corrected chi connectivity index (χ4v) is 4.85. The van der Waals surface area contributed by atoms with Gasteiger partial charge in [-0.25, -0.2) is 4.39 Å². The van der Waals surface area contributed by atoms with Gasteiger partial charge in [-0.05, 0) is 55.2 Å². The Bertz CT molecular complexity index is 1270. The summed E-state index contributed by atoms with van der Waals surface area (Å²) in [6.07, 6.45) is -3.81. The minimum Gasteiger partial charge on any atom is -0.496 e. The molecule has 2 amide bonds. The molecule has 0 aromatic heterocycles. The van der Waals surface area contributed by atoms with Gasteiger partial charge in [-0.15, -0.1) is 0 Å². The second-order valence-electron chi connectivity index (χ2n) is 8.94. The molecule has 5 nitrogen and oxygen atoms in total. The first-order chi connectivity index (χ1) is 17.6. The van der Waals surface area contributed by atoms with Crippen molar-refractivity contribution in [3.8, 4) is 5.75 Å². The molecule has 1 saturated heterocycles. The number of nitrogens with zero attached hydrogens (tertiary/aromatic N) is 1. The molecule has 3 aromatic carbocycles. The van der Waals surface area contributed by atoms with Crippen LogP contribution in [0.4, 0.5) is 23.2 Å². The Balaban J connectivity index is 1.69. The molecule has 3 aromatic rings. The Morgan fingerprint density at radius 2 is 1.76 bits per heavy atom. The number of carbonyl (C=O) groups is 2. The molecule has 0 spiro atoms. The lowest BCUT2D eigenvalue weighted by molar-refractivity contribution is -0.138. The van der Waals surface area contributed by atoms with E-state index in [0.29, 0.717) is 30.5 Å². The number of benzene rings is 3. The molecular weight excluding hydrogens is 488 g/mol. The summed E-state index contributed by atoms with van der Waals surface area (Å²) in [6.45, 7) is 1.95. The number of amides is 2. The maximum Gasteiger partial charge on any atom is 0.420 e. The van der Waals surface area contributed by atoms with E-state index in [9.17, 15) is 27.2 Å². The van der Waals surface area contributed by atoms with Gasteiger partial charge in [0.2, 0.25) is 5.91 Å². The van der Waals surface area contributed by atoms with Crippen molar-refractivity contribution in [3.05, 3.63) is 94.8 Å². The van der Waals surface area contributed by atoms with E-state index in [-0.39, 0.29) is 17.0 Å². The van der Waals surface area contributed by atoms with Crippen LogP contribution in [0.5, 0.6) is 5.75 Å². The third-order valence-corrected chi connectivity index (χ3v) is 6.58. The van der Waals surface area contributed by atoms with Crippen molar-refractivity contribution < 1.29 is 31.9 Å². The predicted octanol–water partition coefficient (Wildman–Crippen LogP) is 6.39. The van der Waals surface area contributed by atoms with Crippen LogP contribution in [0, 0.1) is 18.7 Å². The van der Waals surface area contributed by atoms with Crippen molar-refractivity contribution in [2.45, 2.75) is 32.0 Å². The number of aryl methyl sites for hydroxylation is 1. The summed E-state index contributed by atoms with van der Waals surface area (Å²) >= 11 is 0. The molecule has 194 valence electrons. The lowest BCUT2D eigenvalue weighted by Crippen LogP contribution is -2.46. The van der Waals surface area contributed by atoms with Crippen molar-refractivity contribution in [3.63, 3.8) is 0 Å². The standard InChI is InChI=1S/C28H26F4N2O3/c1-17-8-6-12-22(29)24(17)27(36)34-15-7-11-20(25(34)18-9-4-3-5-10-18)26(35)33-19-13-14-23(37-2)21(16-19)28(30,31)32/h3-6,8-10,12-14,16,20,25H,7,11,15H2,1-2H3,(H,33,35)/t20-,25-/m0/s1. The van der Waals surface area contributed by atoms with Crippen LogP contribution < -0.4 is 10.1 Å². The zero-order chi connectivity index (χ0) is 26.7. The molecule has 1 N–H and O–H groups in total. The van der Waals surface area contributed by atoms with Gasteiger partial charge in [0.15, 0.2) is 0 Å². The highest BCUT2D eigenvalue weighted by Crippen LogP contribution is 2.40. The molecule has 0 saturated carbocycles. The predicted molar refractivity (Wildman–Crippen MR) is 131 cm³/mol. The van der Waals surface area contributed by atoms with E-state index in [1.54, 1.807) is 43.3 Å². The van der Waals surface area contributed by atoms with Crippen LogP contribution in [0.15, 0.2) is 66.7 Å². The zero-order valence-electron chi connectivity index (χ0n) is 20.3. The average Bonchev–Trinajstić information content (AvgIpc) is 2.88. The molecule has 0 bridgehead atoms. The lowest BCUT2D eigenvalue weighted by Gasteiger charge is -2.41. The summed E-state index contributed by atoms with van der Waals surface area (Å²) < 4.78 is 60.0. The number of halogens is 4. The minimum absolute atomic E-state index is 0.0432. The summed E-state index contributed by atoms with van der Waals surface area (Å²) in [5.41, 5.74) is 0.0346. The molecule has 1 aliphatic heterocycles. The number of piperidine rings is 1. The number of alkyl halides is 3. The maximum atomic E-state index is 14.7. The van der Waals surface area contributed by atoms with Gasteiger partial charge in [0.1, 0.15) is 11.6 Å². The van der Waals surface area contributed by atoms with E-state index in [0.717, 1.165) is 19.2 Å². The third-order valence-electron chi connectivity index (χ3n) is 6.58. The number of nitrogens with one attached hydrogen (secondary N) is 1. The summed E-state index contributed by atoms with van der Waals surface area (Å²) in [6, 6.07) is 15.8. The van der Waals surface area contributed by atoms with Gasteiger partial charge < -0.3 is 15.0 Å². The molecule has 9 heteroatoms. The highest BCUT2D eigenvalue weighted by atomic mass is 19.4. The highest BCUT2D eigenvalue weighted by Gasteiger charge is 2.41. The maximum absolute atomic E-state index is 14.7. The number of carbonyl (C=O) groups excluding carboxylic acids is 2. The first kappa shape index (κ1) is 26.2. The normalized spacial score (nSPS) is 17.8. The topological polar surface area (TPSA) is 58.6 Å². The molecule has 4 rings (SSSR count). The lowest BCUT2D eigenvalue weighted by atomic mass is 9.83. The Morgan fingerprint density at radius 1 is 1.03 bits per heavy atom. The molecule has 2 atom stereocenters. The van der Waals surface area contributed by atoms with Crippen molar-refractivity contribution in [1.29, 1.82) is 0 Å². The fraction of sp³-hybridized carbons (Fsp3) is 0.286. The molecule has 1 fully saturated rings. The summed E-state index contributed by atoms with van der Waals surface area (Å²) in [5, 5.41) is 2.59. The van der Waals surface area contributed by atoms with Gasteiger partial charge in [-0.2, -0.15) is 13.2 Å². The Morgan fingerprint density at radius 3 is 2.41 bits per heavy atom. The molecule has 37 heavy (non-hydrogen) atoms. The largest absolute Gasteiger partial charge is 0.496 e. The SMILES string of the molecule is COc1ccc(NC(=O)[C@H]2CCCN(C(=O)c3c(C)cccc3F)[C@H]2c2ccccc2)cc1C(F)(F)F. The van der Waals surface area contributed by atoms with Crippen LogP contribution >= 0.6 is 0 Å². The smallest absolute Gasteiger partial charge is 0.420 e. The second-order valence-corrected chi connectivity index (χ2v) is 8.94. The summed E-state index contributed by atoms with van der Waals surface area (Å²) in [4.78, 5) is 28.6. The number of hydrogen-bond acceptors (Lipinski definition) is 3. The molecule has 1 aliphatic rings. The van der Waals surface area contributed by atoms with E-state index in [2.05, 4.69) is 5.32 Å². The summed E-state index contributed by atoms with van der Waals surface area (Å²) in [5.74, 6) is -2.85. The summed E-state index contributed by atoms with van der Waals surface area (Å²) in [7, 11) is 1.14. The Hall–Kier alpha value is -3.88. The molecule has 1 heterocycles. The Labute approximate surface area is 212 Å². The van der Waals surface area contributed by atoms with Crippen LogP contribution in [0.3, 0.4) is 0 Å². The zero-order valence-corrected chi connectivity index (χ0v) is 20.3. The van der Waals surface area contributed by atoms with Gasteiger partial charge in [-0.3, -0.25) is 9.59 Å². The van der Waals surface area contributed by atoms with Crippen LogP contribution in [0.1, 0.15) is 45.9 Å². The van der Waals surface area contributed by atoms with Gasteiger partial charge in [-0.1, -0.05) is 42.5 Å². The van der Waals surface area contributed by atoms with E-state index in [1.807, 2.05) is 0 Å². The number of likely N-dealkylation sites (tertiary alicyclic amines) is 1. The van der Waals surface area contributed by atoms with Crippen LogP contribution in [0.25, 0.3) is 0 Å². The Kier molecular flexibility index (Phi) is 7.52. The van der Waals surface area contributed by atoms with Crippen molar-refractivity contribution in [2.24, 2.45) is 5.92 Å². The number of methoxy groups -OCH3 is 1. The van der Waals surface area contributed by atoms with E-state index < -0.39 is 41.3 Å². The van der Waals surface area contributed by atoms with Crippen molar-refractivity contribution >= 4 is 17.5 Å². The van der Waals surface area contributed by atoms with Gasteiger partial charge in [0, 0.05) is 12.2 Å². The molecule has 0 radical (unpaired) electrons. The minimum atomic E-state index is -4.68. The van der Waals surface area contributed by atoms with Gasteiger partial charge in [0.05, 0.1) is 30.2 Å². The van der Waals surface area contributed by atoms with Crippen LogP contribution in [-0.2, 0) is 11.0 Å².